The molecule has 12 heteroatoms. The van der Waals surface area contributed by atoms with Crippen molar-refractivity contribution in [3.05, 3.63) is 25.3 Å². The van der Waals surface area contributed by atoms with Crippen LogP contribution in [0.15, 0.2) is 25.3 Å². The third-order valence-corrected chi connectivity index (χ3v) is 1.21. The van der Waals surface area contributed by atoms with E-state index in [1.54, 1.807) is 12.2 Å². The monoisotopic (exact) mass is 392 g/mol. The molecule has 0 aliphatic carbocycles. The number of ether oxygens (including phenoxy) is 4. The van der Waals surface area contributed by atoms with Gasteiger partial charge in [-0.3, -0.25) is 0 Å². The van der Waals surface area contributed by atoms with Crippen LogP contribution in [-0.2, 0) is 38.5 Å². The molecule has 0 radical (unpaired) electrons. The van der Waals surface area contributed by atoms with Crippen LogP contribution in [0.4, 0.5) is 0 Å². The quantitative estimate of drug-likeness (QED) is 0.170. The molecule has 0 aromatic rings. The molecule has 0 fully saturated rings. The zero-order chi connectivity index (χ0) is 21.4. The molecule has 0 aromatic carbocycles. The highest BCUT2D eigenvalue weighted by Gasteiger charge is 2.08. The van der Waals surface area contributed by atoms with Crippen LogP contribution < -0.4 is 0 Å². The smallest absolute Gasteiger partial charge is 0.300 e. The Morgan fingerprint density at radius 2 is 0.769 bits per heavy atom. The molecule has 0 bridgehead atoms. The van der Waals surface area contributed by atoms with Gasteiger partial charge in [-0.05, 0) is 13.8 Å². The molecule has 0 aromatic heterocycles. The van der Waals surface area contributed by atoms with Crippen molar-refractivity contribution in [1.29, 1.82) is 0 Å². The van der Waals surface area contributed by atoms with Crippen LogP contribution in [0.1, 0.15) is 13.8 Å². The number of allylic oxidation sites excluding steroid dienone is 2. The lowest BCUT2D eigenvalue weighted by Gasteiger charge is -2.12. The van der Waals surface area contributed by atoms with Crippen LogP contribution in [0.5, 0.6) is 0 Å². The molecule has 0 heterocycles. The topological polar surface area (TPSA) is 155 Å². The van der Waals surface area contributed by atoms with E-state index in [0.29, 0.717) is 0 Å². The highest BCUT2D eigenvalue weighted by molar-refractivity contribution is 4.51. The first kappa shape index (κ1) is 32.7. The molecular formula is C14H32O12. The lowest BCUT2D eigenvalue weighted by atomic mass is 10.8. The first-order chi connectivity index (χ1) is 12.2. The van der Waals surface area contributed by atoms with E-state index < -0.39 is 25.9 Å². The molecule has 160 valence electrons. The molecule has 0 spiro atoms. The summed E-state index contributed by atoms with van der Waals surface area (Å²) in [7, 11) is 5.23. The maximum Gasteiger partial charge on any atom is 0.300 e. The molecule has 0 amide bonds. The van der Waals surface area contributed by atoms with Gasteiger partial charge in [-0.25, -0.2) is 0 Å². The zero-order valence-corrected chi connectivity index (χ0v) is 15.9. The Kier molecular flexibility index (Phi) is 36.2. The van der Waals surface area contributed by atoms with Gasteiger partial charge in [0.25, 0.3) is 13.0 Å². The Morgan fingerprint density at radius 1 is 0.577 bits per heavy atom. The van der Waals surface area contributed by atoms with Crippen LogP contribution in [0.3, 0.4) is 0 Å². The van der Waals surface area contributed by atoms with Crippen molar-refractivity contribution in [3.8, 4) is 0 Å². The average molecular weight is 392 g/mol. The summed E-state index contributed by atoms with van der Waals surface area (Å²) in [6, 6.07) is 0. The first-order valence-corrected chi connectivity index (χ1v) is 6.86. The second kappa shape index (κ2) is 28.8. The van der Waals surface area contributed by atoms with Crippen molar-refractivity contribution in [2.45, 2.75) is 39.8 Å². The van der Waals surface area contributed by atoms with Gasteiger partial charge in [-0.1, -0.05) is 12.2 Å². The van der Waals surface area contributed by atoms with Crippen molar-refractivity contribution < 1.29 is 58.9 Å². The fraction of sp³-hybridized carbons (Fsp3) is 0.714. The predicted molar refractivity (Wildman–Crippen MR) is 88.1 cm³/mol. The minimum atomic E-state index is -1.99. The Balaban J connectivity index is -0.000000143. The van der Waals surface area contributed by atoms with Crippen LogP contribution >= 0.6 is 0 Å². The van der Waals surface area contributed by atoms with Crippen molar-refractivity contribution in [1.82, 2.24) is 0 Å². The van der Waals surface area contributed by atoms with Crippen molar-refractivity contribution in [2.24, 2.45) is 0 Å². The molecule has 0 saturated heterocycles. The third-order valence-electron chi connectivity index (χ3n) is 1.21. The van der Waals surface area contributed by atoms with E-state index in [1.807, 2.05) is 13.8 Å². The Morgan fingerprint density at radius 3 is 0.885 bits per heavy atom. The first-order valence-electron chi connectivity index (χ1n) is 6.86. The molecule has 0 aliphatic heterocycles. The van der Waals surface area contributed by atoms with Gasteiger partial charge >= 0.3 is 13.0 Å². The van der Waals surface area contributed by atoms with Gasteiger partial charge in [0.05, 0.1) is 0 Å². The minimum absolute atomic E-state index is 1.05. The van der Waals surface area contributed by atoms with E-state index in [0.717, 1.165) is 0 Å². The number of aliphatic hydroxyl groups is 4. The lowest BCUT2D eigenvalue weighted by molar-refractivity contribution is -0.502. The summed E-state index contributed by atoms with van der Waals surface area (Å²) in [6.45, 7) is 4.41. The normalized spacial score (nSPS) is 9.77. The maximum absolute atomic E-state index is 8.09. The molecule has 0 unspecified atom stereocenters. The van der Waals surface area contributed by atoms with E-state index in [1.165, 1.54) is 28.4 Å². The summed E-state index contributed by atoms with van der Waals surface area (Å²) in [4.78, 5) is 16.0. The molecule has 0 atom stereocenters. The SMILES string of the molecule is C=CC.C=CC.COC(OC)OOC(O)O.COC(OC)OOC(O)O. The van der Waals surface area contributed by atoms with Crippen LogP contribution in [0.2, 0.25) is 0 Å². The molecule has 12 nitrogen and oxygen atoms in total. The van der Waals surface area contributed by atoms with Gasteiger partial charge in [-0.15, -0.1) is 13.2 Å². The van der Waals surface area contributed by atoms with Gasteiger partial charge < -0.3 is 39.4 Å². The highest BCUT2D eigenvalue weighted by atomic mass is 17.3. The maximum atomic E-state index is 8.09. The summed E-state index contributed by atoms with van der Waals surface area (Å²) in [6.07, 6.45) is 3.50. The molecule has 0 rings (SSSR count). The molecule has 0 aliphatic rings. The summed E-state index contributed by atoms with van der Waals surface area (Å²) < 4.78 is 17.8. The highest BCUT2D eigenvalue weighted by Crippen LogP contribution is 1.95. The van der Waals surface area contributed by atoms with Crippen molar-refractivity contribution >= 4 is 0 Å². The van der Waals surface area contributed by atoms with E-state index >= 15 is 0 Å². The van der Waals surface area contributed by atoms with Gasteiger partial charge in [0.1, 0.15) is 0 Å². The van der Waals surface area contributed by atoms with E-state index in [-0.39, 0.29) is 0 Å². The summed E-state index contributed by atoms with van der Waals surface area (Å²) in [5.41, 5.74) is 0. The summed E-state index contributed by atoms with van der Waals surface area (Å²) in [5, 5.41) is 32.4. The van der Waals surface area contributed by atoms with Crippen LogP contribution in [-0.4, -0.2) is 74.8 Å². The fourth-order valence-electron chi connectivity index (χ4n) is 0.540. The fourth-order valence-corrected chi connectivity index (χ4v) is 0.540. The predicted octanol–water partition coefficient (Wildman–Crippen LogP) is -0.0570. The Labute approximate surface area is 153 Å². The van der Waals surface area contributed by atoms with E-state index in [2.05, 4.69) is 51.7 Å². The number of rotatable bonds is 10. The molecule has 26 heavy (non-hydrogen) atoms. The standard InChI is InChI=1S/2C4H10O6.2C3H6/c2*1-7-4(8-2)10-9-3(5)6;2*1-3-2/h2*3-6H,1-2H3;2*3H,1H2,2H3. The number of aliphatic hydroxyl groups excluding tert-OH is 2. The van der Waals surface area contributed by atoms with Crippen LogP contribution in [0, 0.1) is 0 Å². The second-order valence-electron chi connectivity index (χ2n) is 3.37. The molecule has 4 N–H and O–H groups in total. The lowest BCUT2D eigenvalue weighted by Crippen LogP contribution is -2.21. The Hall–Kier alpha value is -1.00. The molecule has 0 saturated carbocycles. The second-order valence-corrected chi connectivity index (χ2v) is 3.37. The average Bonchev–Trinajstić information content (AvgIpc) is 2.58. The third kappa shape index (κ3) is 38.5. The number of hydrogen-bond donors (Lipinski definition) is 4. The minimum Gasteiger partial charge on any atom is -0.344 e. The zero-order valence-electron chi connectivity index (χ0n) is 15.9. The Bertz CT molecular complexity index is 228. The number of methoxy groups -OCH3 is 4. The molecular weight excluding hydrogens is 360 g/mol. The number of hydrogen-bond acceptors (Lipinski definition) is 12. The largest absolute Gasteiger partial charge is 0.344 e. The van der Waals surface area contributed by atoms with Gasteiger partial charge in [-0.2, -0.15) is 19.6 Å². The van der Waals surface area contributed by atoms with E-state index in [4.69, 9.17) is 20.4 Å². The van der Waals surface area contributed by atoms with Gasteiger partial charge in [0.2, 0.25) is 0 Å². The van der Waals surface area contributed by atoms with Crippen molar-refractivity contribution in [2.75, 3.05) is 28.4 Å². The summed E-state index contributed by atoms with van der Waals surface area (Å²) >= 11 is 0. The van der Waals surface area contributed by atoms with Crippen molar-refractivity contribution in [3.63, 3.8) is 0 Å². The van der Waals surface area contributed by atoms with E-state index in [9.17, 15) is 0 Å². The van der Waals surface area contributed by atoms with Gasteiger partial charge in [0, 0.05) is 28.4 Å². The van der Waals surface area contributed by atoms with Gasteiger partial charge in [0.15, 0.2) is 0 Å². The summed E-state index contributed by atoms with van der Waals surface area (Å²) in [5.74, 6) is 0. The van der Waals surface area contributed by atoms with Crippen LogP contribution in [0.25, 0.3) is 0 Å².